The standard InChI is InChI=1S/C13H18.C2H6/c1-13(2)10-6-5-8-11-7-3-4-9-12(11)13;1-2/h3-4,7,9H,5-6,8,10H2,1-2H3;1-2H3. The van der Waals surface area contributed by atoms with Crippen LogP contribution in [0.2, 0.25) is 0 Å². The molecule has 0 aromatic heterocycles. The third-order valence-electron chi connectivity index (χ3n) is 3.24. The van der Waals surface area contributed by atoms with Gasteiger partial charge in [0.1, 0.15) is 0 Å². The first kappa shape index (κ1) is 12.3. The van der Waals surface area contributed by atoms with Crippen LogP contribution in [0.25, 0.3) is 0 Å². The van der Waals surface area contributed by atoms with Crippen molar-refractivity contribution in [3.8, 4) is 0 Å². The lowest BCUT2D eigenvalue weighted by molar-refractivity contribution is 0.468. The molecule has 0 nitrogen and oxygen atoms in total. The van der Waals surface area contributed by atoms with E-state index in [1.807, 2.05) is 13.8 Å². The highest BCUT2D eigenvalue weighted by Gasteiger charge is 2.24. The van der Waals surface area contributed by atoms with Gasteiger partial charge in [-0.3, -0.25) is 0 Å². The molecule has 1 aromatic rings. The second kappa shape index (κ2) is 5.34. The van der Waals surface area contributed by atoms with Crippen LogP contribution < -0.4 is 0 Å². The summed E-state index contributed by atoms with van der Waals surface area (Å²) in [4.78, 5) is 0. The first-order chi connectivity index (χ1) is 7.20. The van der Waals surface area contributed by atoms with Crippen LogP contribution in [-0.4, -0.2) is 0 Å². The number of hydrogen-bond acceptors (Lipinski definition) is 0. The van der Waals surface area contributed by atoms with E-state index < -0.39 is 0 Å². The second-order valence-corrected chi connectivity index (χ2v) is 4.75. The molecule has 0 unspecified atom stereocenters. The molecule has 0 radical (unpaired) electrons. The molecule has 0 atom stereocenters. The number of fused-ring (bicyclic) bond motifs is 1. The van der Waals surface area contributed by atoms with Gasteiger partial charge in [0, 0.05) is 0 Å². The van der Waals surface area contributed by atoms with Crippen molar-refractivity contribution >= 4 is 0 Å². The van der Waals surface area contributed by atoms with Crippen LogP contribution in [0.1, 0.15) is 58.1 Å². The minimum absolute atomic E-state index is 0.396. The molecular weight excluding hydrogens is 180 g/mol. The Morgan fingerprint density at radius 1 is 1.00 bits per heavy atom. The quantitative estimate of drug-likeness (QED) is 0.537. The Morgan fingerprint density at radius 2 is 1.67 bits per heavy atom. The zero-order valence-corrected chi connectivity index (χ0v) is 10.6. The molecule has 0 aliphatic heterocycles. The van der Waals surface area contributed by atoms with Gasteiger partial charge in [-0.2, -0.15) is 0 Å². The molecular formula is C15H24. The minimum Gasteiger partial charge on any atom is -0.0683 e. The minimum atomic E-state index is 0.396. The van der Waals surface area contributed by atoms with Crippen molar-refractivity contribution in [1.82, 2.24) is 0 Å². The number of aryl methyl sites for hydroxylation is 1. The molecule has 1 aliphatic carbocycles. The van der Waals surface area contributed by atoms with Gasteiger partial charge in [-0.25, -0.2) is 0 Å². The molecule has 2 rings (SSSR count). The Labute approximate surface area is 94.7 Å². The topological polar surface area (TPSA) is 0 Å². The van der Waals surface area contributed by atoms with E-state index in [2.05, 4.69) is 38.1 Å². The summed E-state index contributed by atoms with van der Waals surface area (Å²) in [6.07, 6.45) is 5.35. The Morgan fingerprint density at radius 3 is 2.40 bits per heavy atom. The summed E-state index contributed by atoms with van der Waals surface area (Å²) in [6, 6.07) is 8.94. The maximum Gasteiger partial charge on any atom is -0.0101 e. The van der Waals surface area contributed by atoms with Gasteiger partial charge in [-0.15, -0.1) is 0 Å². The molecule has 0 saturated carbocycles. The fourth-order valence-corrected chi connectivity index (χ4v) is 2.42. The Kier molecular flexibility index (Phi) is 4.38. The Hall–Kier alpha value is -0.780. The van der Waals surface area contributed by atoms with Crippen molar-refractivity contribution in [2.45, 2.75) is 58.8 Å². The summed E-state index contributed by atoms with van der Waals surface area (Å²) in [5.74, 6) is 0. The lowest BCUT2D eigenvalue weighted by Gasteiger charge is -2.25. The van der Waals surface area contributed by atoms with E-state index in [1.165, 1.54) is 25.7 Å². The fourth-order valence-electron chi connectivity index (χ4n) is 2.42. The lowest BCUT2D eigenvalue weighted by atomic mass is 9.80. The van der Waals surface area contributed by atoms with Crippen molar-refractivity contribution in [3.63, 3.8) is 0 Å². The average molecular weight is 204 g/mol. The Bertz CT molecular complexity index is 297. The Balaban J connectivity index is 0.000000531. The van der Waals surface area contributed by atoms with Gasteiger partial charge >= 0.3 is 0 Å². The fraction of sp³-hybridized carbons (Fsp3) is 0.600. The first-order valence-corrected chi connectivity index (χ1v) is 6.28. The molecule has 0 saturated heterocycles. The van der Waals surface area contributed by atoms with Gasteiger partial charge in [0.2, 0.25) is 0 Å². The van der Waals surface area contributed by atoms with Crippen molar-refractivity contribution in [3.05, 3.63) is 35.4 Å². The normalized spacial score (nSPS) is 18.1. The largest absolute Gasteiger partial charge is 0.0683 e. The van der Waals surface area contributed by atoms with Gasteiger partial charge < -0.3 is 0 Å². The SMILES string of the molecule is CC.CC1(C)CCCCc2ccccc21. The van der Waals surface area contributed by atoms with Crippen LogP contribution in [0, 0.1) is 0 Å². The summed E-state index contributed by atoms with van der Waals surface area (Å²) in [7, 11) is 0. The highest BCUT2D eigenvalue weighted by Crippen LogP contribution is 2.35. The summed E-state index contributed by atoms with van der Waals surface area (Å²) in [5.41, 5.74) is 3.55. The van der Waals surface area contributed by atoms with Crippen LogP contribution in [0.3, 0.4) is 0 Å². The molecule has 0 bridgehead atoms. The second-order valence-electron chi connectivity index (χ2n) is 4.75. The van der Waals surface area contributed by atoms with Crippen molar-refractivity contribution in [2.75, 3.05) is 0 Å². The summed E-state index contributed by atoms with van der Waals surface area (Å²) < 4.78 is 0. The third-order valence-corrected chi connectivity index (χ3v) is 3.24. The highest BCUT2D eigenvalue weighted by atomic mass is 14.3. The van der Waals surface area contributed by atoms with Crippen LogP contribution in [-0.2, 0) is 11.8 Å². The number of rotatable bonds is 0. The van der Waals surface area contributed by atoms with Gasteiger partial charge in [0.05, 0.1) is 0 Å². The molecule has 1 aromatic carbocycles. The summed E-state index contributed by atoms with van der Waals surface area (Å²) in [6.45, 7) is 8.74. The van der Waals surface area contributed by atoms with Gasteiger partial charge in [-0.05, 0) is 35.8 Å². The van der Waals surface area contributed by atoms with E-state index in [-0.39, 0.29) is 0 Å². The summed E-state index contributed by atoms with van der Waals surface area (Å²) in [5, 5.41) is 0. The van der Waals surface area contributed by atoms with E-state index in [0.717, 1.165) is 0 Å². The van der Waals surface area contributed by atoms with E-state index in [0.29, 0.717) is 5.41 Å². The van der Waals surface area contributed by atoms with E-state index in [9.17, 15) is 0 Å². The van der Waals surface area contributed by atoms with Crippen molar-refractivity contribution < 1.29 is 0 Å². The van der Waals surface area contributed by atoms with E-state index in [1.54, 1.807) is 11.1 Å². The number of hydrogen-bond donors (Lipinski definition) is 0. The molecule has 0 N–H and O–H groups in total. The van der Waals surface area contributed by atoms with E-state index in [4.69, 9.17) is 0 Å². The molecule has 0 heteroatoms. The van der Waals surface area contributed by atoms with Crippen LogP contribution in [0.5, 0.6) is 0 Å². The molecule has 0 amide bonds. The summed E-state index contributed by atoms with van der Waals surface area (Å²) >= 11 is 0. The molecule has 84 valence electrons. The predicted octanol–water partition coefficient (Wildman–Crippen LogP) is 4.72. The number of benzene rings is 1. The van der Waals surface area contributed by atoms with Gasteiger partial charge in [0.25, 0.3) is 0 Å². The molecule has 1 aliphatic rings. The van der Waals surface area contributed by atoms with Crippen LogP contribution in [0.15, 0.2) is 24.3 Å². The maximum absolute atomic E-state index is 2.37. The van der Waals surface area contributed by atoms with Crippen molar-refractivity contribution in [1.29, 1.82) is 0 Å². The lowest BCUT2D eigenvalue weighted by Crippen LogP contribution is -2.16. The molecule has 0 fully saturated rings. The van der Waals surface area contributed by atoms with E-state index >= 15 is 0 Å². The van der Waals surface area contributed by atoms with Crippen LogP contribution >= 0.6 is 0 Å². The van der Waals surface area contributed by atoms with Gasteiger partial charge in [-0.1, -0.05) is 58.4 Å². The van der Waals surface area contributed by atoms with Crippen LogP contribution in [0.4, 0.5) is 0 Å². The molecule has 0 heterocycles. The maximum atomic E-state index is 2.37. The van der Waals surface area contributed by atoms with Crippen molar-refractivity contribution in [2.24, 2.45) is 0 Å². The van der Waals surface area contributed by atoms with Gasteiger partial charge in [0.15, 0.2) is 0 Å². The monoisotopic (exact) mass is 204 g/mol. The smallest absolute Gasteiger partial charge is 0.0101 e. The zero-order valence-electron chi connectivity index (χ0n) is 10.6. The predicted molar refractivity (Wildman–Crippen MR) is 68.4 cm³/mol. The molecule has 15 heavy (non-hydrogen) atoms. The molecule has 0 spiro atoms. The highest BCUT2D eigenvalue weighted by molar-refractivity contribution is 5.34. The zero-order chi connectivity index (χ0) is 11.3. The third kappa shape index (κ3) is 2.84. The average Bonchev–Trinajstić information content (AvgIpc) is 2.41. The first-order valence-electron chi connectivity index (χ1n) is 6.28.